The van der Waals surface area contributed by atoms with Crippen LogP contribution in [0, 0.1) is 5.41 Å². The highest BCUT2D eigenvalue weighted by Crippen LogP contribution is 2.32. The summed E-state index contributed by atoms with van der Waals surface area (Å²) in [5.74, 6) is -1.40. The summed E-state index contributed by atoms with van der Waals surface area (Å²) in [6, 6.07) is 21.6. The van der Waals surface area contributed by atoms with Crippen molar-refractivity contribution in [1.82, 2.24) is 35.2 Å². The molecule has 1 saturated heterocycles. The standard InChI is InChI=1S/C49H63N7O8/c1-48(2,3)43(52-42(58)29-53(7)47(62)64-49(4,5)6)45(60)56-28-36(26-40(56)44(59)51-38-20-14-18-33-15-12-13-19-37(33)38)50-46(61)55-24-23-35-25-32(21-22-39(35)55)27-54(31-57)41(30-63-8)34-16-10-9-11-17-34/h9-13,15-17,19,21-25,31,36,38,40-41,43H,14,18,20,26-30H2,1-8H3,(H,50,61)(H,51,59)(H,52,58). The molecule has 6 rings (SSSR count). The number of fused-ring (bicyclic) bond motifs is 2. The highest BCUT2D eigenvalue weighted by atomic mass is 16.6. The number of aromatic nitrogens is 1. The molecule has 0 saturated carbocycles. The summed E-state index contributed by atoms with van der Waals surface area (Å²) in [6.07, 6.45) is 4.49. The maximum absolute atomic E-state index is 14.7. The van der Waals surface area contributed by atoms with E-state index in [1.165, 1.54) is 22.1 Å². The summed E-state index contributed by atoms with van der Waals surface area (Å²) in [5.41, 5.74) is 3.10. The molecule has 15 nitrogen and oxygen atoms in total. The summed E-state index contributed by atoms with van der Waals surface area (Å²) < 4.78 is 12.4. The van der Waals surface area contributed by atoms with Crippen molar-refractivity contribution in [3.05, 3.63) is 107 Å². The summed E-state index contributed by atoms with van der Waals surface area (Å²) in [5, 5.41) is 9.93. The molecule has 3 N–H and O–H groups in total. The van der Waals surface area contributed by atoms with E-state index < -0.39 is 53.1 Å². The van der Waals surface area contributed by atoms with Gasteiger partial charge in [0.1, 0.15) is 24.2 Å². The maximum Gasteiger partial charge on any atom is 0.410 e. The number of amides is 6. The Bertz CT molecular complexity index is 2320. The molecule has 4 aromatic rings. The molecule has 6 amide bonds. The Morgan fingerprint density at radius 1 is 0.922 bits per heavy atom. The highest BCUT2D eigenvalue weighted by Gasteiger charge is 2.46. The Balaban J connectivity index is 1.21. The predicted octanol–water partition coefficient (Wildman–Crippen LogP) is 6.11. The van der Waals surface area contributed by atoms with E-state index in [2.05, 4.69) is 22.0 Å². The van der Waals surface area contributed by atoms with Crippen LogP contribution in [0.1, 0.15) is 95.1 Å². The summed E-state index contributed by atoms with van der Waals surface area (Å²) in [7, 11) is 3.05. The Morgan fingerprint density at radius 3 is 2.33 bits per heavy atom. The topological polar surface area (TPSA) is 172 Å². The third-order valence-corrected chi connectivity index (χ3v) is 11.8. The zero-order valence-electron chi connectivity index (χ0n) is 38.3. The maximum atomic E-state index is 14.7. The molecule has 2 aliphatic rings. The number of hydrogen-bond acceptors (Lipinski definition) is 8. The third-order valence-electron chi connectivity index (χ3n) is 11.8. The number of nitrogens with one attached hydrogen (secondary N) is 3. The van der Waals surface area contributed by atoms with Crippen LogP contribution in [0.25, 0.3) is 10.9 Å². The molecular weight excluding hydrogens is 815 g/mol. The summed E-state index contributed by atoms with van der Waals surface area (Å²) >= 11 is 0. The SMILES string of the molecule is COCC(c1ccccc1)N(C=O)Cc1ccc2c(ccn2C(=O)NC2CC(C(=O)NC3CCCc4ccccc43)N(C(=O)C(NC(=O)CN(C)C(=O)OC(C)(C)C)C(C)(C)C)C2)c1. The lowest BCUT2D eigenvalue weighted by atomic mass is 9.85. The van der Waals surface area contributed by atoms with E-state index in [9.17, 15) is 28.8 Å². The zero-order valence-corrected chi connectivity index (χ0v) is 38.3. The van der Waals surface area contributed by atoms with Crippen molar-refractivity contribution in [3.63, 3.8) is 0 Å². The second kappa shape index (κ2) is 20.1. The smallest absolute Gasteiger partial charge is 0.410 e. The number of aryl methyl sites for hydroxylation is 1. The van der Waals surface area contributed by atoms with Crippen LogP contribution in [-0.2, 0) is 41.6 Å². The van der Waals surface area contributed by atoms with Gasteiger partial charge in [0, 0.05) is 38.8 Å². The molecule has 0 radical (unpaired) electrons. The van der Waals surface area contributed by atoms with Crippen molar-refractivity contribution in [3.8, 4) is 0 Å². The van der Waals surface area contributed by atoms with Crippen LogP contribution in [0.15, 0.2) is 85.1 Å². The summed E-state index contributed by atoms with van der Waals surface area (Å²) in [4.78, 5) is 86.0. The van der Waals surface area contributed by atoms with E-state index in [1.54, 1.807) is 39.0 Å². The van der Waals surface area contributed by atoms with Crippen molar-refractivity contribution in [2.75, 3.05) is 33.9 Å². The average molecular weight is 878 g/mol. The number of hydrogen-bond donors (Lipinski definition) is 3. The molecule has 3 aromatic carbocycles. The number of ether oxygens (including phenoxy) is 2. The minimum atomic E-state index is -1.08. The number of carbonyl (C=O) groups is 6. The van der Waals surface area contributed by atoms with Gasteiger partial charge < -0.3 is 40.1 Å². The van der Waals surface area contributed by atoms with Crippen molar-refractivity contribution >= 4 is 47.2 Å². The van der Waals surface area contributed by atoms with E-state index in [4.69, 9.17) is 9.47 Å². The first kappa shape index (κ1) is 47.3. The third kappa shape index (κ3) is 11.5. The van der Waals surface area contributed by atoms with Gasteiger partial charge in [0.15, 0.2) is 0 Å². The first-order valence-corrected chi connectivity index (χ1v) is 21.9. The molecule has 0 spiro atoms. The van der Waals surface area contributed by atoms with Crippen LogP contribution in [-0.4, -0.2) is 113 Å². The number of likely N-dealkylation sites (tertiary alicyclic amines) is 1. The Hall–Kier alpha value is -6.22. The van der Waals surface area contributed by atoms with Crippen LogP contribution in [0.2, 0.25) is 0 Å². The molecule has 15 heteroatoms. The van der Waals surface area contributed by atoms with Crippen molar-refractivity contribution in [2.45, 2.75) is 110 Å². The molecule has 1 aromatic heterocycles. The fourth-order valence-electron chi connectivity index (χ4n) is 8.61. The van der Waals surface area contributed by atoms with Gasteiger partial charge in [-0.05, 0) is 92.3 Å². The molecule has 64 heavy (non-hydrogen) atoms. The second-order valence-electron chi connectivity index (χ2n) is 19.0. The average Bonchev–Trinajstić information content (AvgIpc) is 3.88. The lowest BCUT2D eigenvalue weighted by molar-refractivity contribution is -0.144. The van der Waals surface area contributed by atoms with Crippen LogP contribution in [0.5, 0.6) is 0 Å². The normalized spacial score (nSPS) is 18.3. The van der Waals surface area contributed by atoms with Gasteiger partial charge in [0.25, 0.3) is 0 Å². The number of rotatable bonds is 14. The van der Waals surface area contributed by atoms with Gasteiger partial charge in [0.2, 0.25) is 24.1 Å². The summed E-state index contributed by atoms with van der Waals surface area (Å²) in [6.45, 7) is 10.9. The van der Waals surface area contributed by atoms with Gasteiger partial charge in [-0.3, -0.25) is 23.7 Å². The zero-order chi connectivity index (χ0) is 46.3. The molecule has 0 bridgehead atoms. The first-order valence-electron chi connectivity index (χ1n) is 21.9. The number of likely N-dealkylation sites (N-methyl/N-ethyl adjacent to an activating group) is 1. The van der Waals surface area contributed by atoms with Gasteiger partial charge in [-0.25, -0.2) is 9.59 Å². The number of methoxy groups -OCH3 is 1. The Kier molecular flexibility index (Phi) is 14.8. The second-order valence-corrected chi connectivity index (χ2v) is 19.0. The largest absolute Gasteiger partial charge is 0.444 e. The molecule has 5 atom stereocenters. The van der Waals surface area contributed by atoms with E-state index in [1.807, 2.05) is 93.6 Å². The van der Waals surface area contributed by atoms with Gasteiger partial charge in [-0.15, -0.1) is 0 Å². The van der Waals surface area contributed by atoms with Crippen LogP contribution < -0.4 is 16.0 Å². The van der Waals surface area contributed by atoms with E-state index in [-0.39, 0.29) is 37.5 Å². The minimum absolute atomic E-state index is 0.0130. The van der Waals surface area contributed by atoms with E-state index >= 15 is 0 Å². The first-order chi connectivity index (χ1) is 30.4. The molecular formula is C49H63N7O8. The predicted molar refractivity (Wildman–Crippen MR) is 243 cm³/mol. The van der Waals surface area contributed by atoms with Gasteiger partial charge in [-0.1, -0.05) is 81.4 Å². The van der Waals surface area contributed by atoms with Gasteiger partial charge in [0.05, 0.1) is 30.2 Å². The Morgan fingerprint density at radius 2 is 1.64 bits per heavy atom. The molecule has 2 heterocycles. The number of carbonyl (C=O) groups excluding carboxylic acids is 6. The number of nitrogens with zero attached hydrogens (tertiary/aromatic N) is 4. The van der Waals surface area contributed by atoms with Crippen molar-refractivity contribution in [2.24, 2.45) is 5.41 Å². The molecule has 342 valence electrons. The van der Waals surface area contributed by atoms with Crippen LogP contribution in [0.3, 0.4) is 0 Å². The molecule has 1 fully saturated rings. The monoisotopic (exact) mass is 877 g/mol. The lowest BCUT2D eigenvalue weighted by Crippen LogP contribution is -2.59. The lowest BCUT2D eigenvalue weighted by Gasteiger charge is -2.36. The van der Waals surface area contributed by atoms with Crippen molar-refractivity contribution in [1.29, 1.82) is 0 Å². The van der Waals surface area contributed by atoms with Crippen molar-refractivity contribution < 1.29 is 38.2 Å². The molecule has 5 unspecified atom stereocenters. The molecule has 1 aliphatic heterocycles. The fraction of sp³-hybridized carbons (Fsp3) is 0.469. The minimum Gasteiger partial charge on any atom is -0.444 e. The van der Waals surface area contributed by atoms with E-state index in [0.29, 0.717) is 18.7 Å². The van der Waals surface area contributed by atoms with Crippen LogP contribution >= 0.6 is 0 Å². The van der Waals surface area contributed by atoms with Gasteiger partial charge in [-0.2, -0.15) is 0 Å². The fourth-order valence-corrected chi connectivity index (χ4v) is 8.61. The molecule has 1 aliphatic carbocycles. The highest BCUT2D eigenvalue weighted by molar-refractivity contribution is 5.95. The quantitative estimate of drug-likeness (QED) is 0.128. The van der Waals surface area contributed by atoms with Gasteiger partial charge >= 0.3 is 12.1 Å². The van der Waals surface area contributed by atoms with Crippen LogP contribution in [0.4, 0.5) is 9.59 Å². The van der Waals surface area contributed by atoms with E-state index in [0.717, 1.165) is 52.6 Å². The Labute approximate surface area is 375 Å². The number of benzene rings is 3.